The second-order valence-corrected chi connectivity index (χ2v) is 15.1. The highest BCUT2D eigenvalue weighted by Crippen LogP contribution is 2.45. The van der Waals surface area contributed by atoms with Crippen molar-refractivity contribution in [1.29, 1.82) is 5.26 Å². The van der Waals surface area contributed by atoms with Crippen LogP contribution in [0.1, 0.15) is 5.56 Å². The van der Waals surface area contributed by atoms with Crippen molar-refractivity contribution in [1.82, 2.24) is 13.7 Å². The first-order valence-electron chi connectivity index (χ1n) is 19.7. The smallest absolute Gasteiger partial charge is 0.212 e. The van der Waals surface area contributed by atoms with Gasteiger partial charge in [-0.15, -0.1) is 0 Å². The van der Waals surface area contributed by atoms with Gasteiger partial charge in [0.15, 0.2) is 0 Å². The number of hydrogen-bond acceptors (Lipinski definition) is 1. The van der Waals surface area contributed by atoms with Crippen LogP contribution >= 0.6 is 0 Å². The fraction of sp³-hybridized carbons (Fsp3) is 0. The third kappa shape index (κ3) is 4.65. The summed E-state index contributed by atoms with van der Waals surface area (Å²) in [6.07, 6.45) is 0. The van der Waals surface area contributed by atoms with Gasteiger partial charge in [0.1, 0.15) is 6.07 Å². The molecule has 12 rings (SSSR count). The summed E-state index contributed by atoms with van der Waals surface area (Å²) in [7, 11) is 0. The van der Waals surface area contributed by atoms with E-state index in [9.17, 15) is 5.26 Å². The van der Waals surface area contributed by atoms with Crippen molar-refractivity contribution >= 4 is 81.9 Å². The molecule has 0 fully saturated rings. The standard InChI is InChI=1S/C54H31N5/c1-56-45-32-50(59-47-23-13-11-21-41(47)43-27-26-42-40-20-10-12-22-46(40)57(53(42)54(43)59)38-17-6-3-7-18-38)37(33-55)31-51(45)58-48-28-25-36(34-14-4-2-5-15-34)30-44(48)52-39-19-9-8-16-35(39)24-29-49(52)58/h2-32H. The third-order valence-corrected chi connectivity index (χ3v) is 12.1. The van der Waals surface area contributed by atoms with Crippen molar-refractivity contribution in [2.45, 2.75) is 0 Å². The molecule has 0 unspecified atom stereocenters. The zero-order chi connectivity index (χ0) is 39.2. The lowest BCUT2D eigenvalue weighted by molar-refractivity contribution is 1.13. The predicted octanol–water partition coefficient (Wildman–Crippen LogP) is 14.2. The van der Waals surface area contributed by atoms with Gasteiger partial charge in [0.05, 0.1) is 56.6 Å². The second-order valence-electron chi connectivity index (χ2n) is 15.1. The first kappa shape index (κ1) is 32.8. The van der Waals surface area contributed by atoms with E-state index in [1.54, 1.807) is 0 Å². The van der Waals surface area contributed by atoms with Crippen molar-refractivity contribution < 1.29 is 0 Å². The van der Waals surface area contributed by atoms with Gasteiger partial charge < -0.3 is 13.7 Å². The van der Waals surface area contributed by atoms with Crippen LogP contribution in [-0.2, 0) is 0 Å². The summed E-state index contributed by atoms with van der Waals surface area (Å²) in [5.41, 5.74) is 11.7. The van der Waals surface area contributed by atoms with Gasteiger partial charge in [-0.25, -0.2) is 4.85 Å². The molecule has 0 atom stereocenters. The predicted molar refractivity (Wildman–Crippen MR) is 243 cm³/mol. The summed E-state index contributed by atoms with van der Waals surface area (Å²) < 4.78 is 6.74. The van der Waals surface area contributed by atoms with Crippen molar-refractivity contribution in [2.75, 3.05) is 0 Å². The Balaban J connectivity index is 1.19. The summed E-state index contributed by atoms with van der Waals surface area (Å²) in [6.45, 7) is 8.72. The molecular formula is C54H31N5. The summed E-state index contributed by atoms with van der Waals surface area (Å²) >= 11 is 0. The Morgan fingerprint density at radius 1 is 0.424 bits per heavy atom. The van der Waals surface area contributed by atoms with Gasteiger partial charge in [0.25, 0.3) is 0 Å². The topological polar surface area (TPSA) is 42.9 Å². The largest absolute Gasteiger partial charge is 0.319 e. The lowest BCUT2D eigenvalue weighted by Crippen LogP contribution is -2.03. The van der Waals surface area contributed by atoms with E-state index in [-0.39, 0.29) is 0 Å². The zero-order valence-electron chi connectivity index (χ0n) is 31.6. The zero-order valence-corrected chi connectivity index (χ0v) is 31.6. The van der Waals surface area contributed by atoms with Crippen LogP contribution in [0.5, 0.6) is 0 Å². The molecular weight excluding hydrogens is 719 g/mol. The molecule has 59 heavy (non-hydrogen) atoms. The summed E-state index contributed by atoms with van der Waals surface area (Å²) in [6, 6.07) is 68.0. The van der Waals surface area contributed by atoms with Gasteiger partial charge in [-0.05, 0) is 76.5 Å². The fourth-order valence-electron chi connectivity index (χ4n) is 9.57. The number of aromatic nitrogens is 3. The third-order valence-electron chi connectivity index (χ3n) is 12.1. The van der Waals surface area contributed by atoms with Crippen LogP contribution in [-0.4, -0.2) is 13.7 Å². The summed E-state index contributed by atoms with van der Waals surface area (Å²) in [5.74, 6) is 0. The molecule has 9 aromatic carbocycles. The molecule has 0 saturated carbocycles. The maximum absolute atomic E-state index is 11.2. The fourth-order valence-corrected chi connectivity index (χ4v) is 9.57. The highest BCUT2D eigenvalue weighted by Gasteiger charge is 2.25. The van der Waals surface area contributed by atoms with Crippen LogP contribution < -0.4 is 0 Å². The number of para-hydroxylation sites is 3. The molecule has 12 aromatic rings. The monoisotopic (exact) mass is 749 g/mol. The SMILES string of the molecule is [C-]#[N+]c1cc(-n2c3ccccc3c3ccc4c5ccccc5n(-c5ccccc5)c4c32)c(C#N)cc1-n1c2ccc(-c3ccccc3)cc2c2c3ccccc3ccc21. The molecule has 3 aromatic heterocycles. The Labute approximate surface area is 338 Å². The van der Waals surface area contributed by atoms with E-state index in [2.05, 4.69) is 182 Å². The Bertz CT molecular complexity index is 3790. The molecule has 0 amide bonds. The Morgan fingerprint density at radius 3 is 1.73 bits per heavy atom. The molecule has 3 heterocycles. The van der Waals surface area contributed by atoms with Crippen molar-refractivity contribution in [3.05, 3.63) is 205 Å². The van der Waals surface area contributed by atoms with E-state index in [0.717, 1.165) is 93.0 Å². The molecule has 0 aliphatic rings. The maximum atomic E-state index is 11.2. The minimum atomic E-state index is 0.458. The van der Waals surface area contributed by atoms with E-state index in [4.69, 9.17) is 6.57 Å². The Kier molecular flexibility index (Phi) is 6.99. The Hall–Kier alpha value is -8.38. The number of hydrogen-bond donors (Lipinski definition) is 0. The average molecular weight is 750 g/mol. The van der Waals surface area contributed by atoms with Gasteiger partial charge in [0.2, 0.25) is 5.69 Å². The minimum absolute atomic E-state index is 0.458. The second kappa shape index (κ2) is 12.6. The minimum Gasteiger partial charge on any atom is -0.319 e. The van der Waals surface area contributed by atoms with Crippen molar-refractivity contribution in [2.24, 2.45) is 0 Å². The van der Waals surface area contributed by atoms with Gasteiger partial charge >= 0.3 is 0 Å². The number of nitriles is 1. The highest BCUT2D eigenvalue weighted by molar-refractivity contribution is 6.24. The molecule has 0 aliphatic heterocycles. The van der Waals surface area contributed by atoms with Crippen LogP contribution in [0.3, 0.4) is 0 Å². The lowest BCUT2D eigenvalue weighted by Gasteiger charge is -2.17. The van der Waals surface area contributed by atoms with Gasteiger partial charge in [-0.1, -0.05) is 133 Å². The molecule has 0 saturated heterocycles. The van der Waals surface area contributed by atoms with E-state index < -0.39 is 0 Å². The van der Waals surface area contributed by atoms with E-state index in [0.29, 0.717) is 22.6 Å². The highest BCUT2D eigenvalue weighted by atomic mass is 15.1. The van der Waals surface area contributed by atoms with Crippen molar-refractivity contribution in [3.63, 3.8) is 0 Å². The number of rotatable bonds is 4. The molecule has 272 valence electrons. The lowest BCUT2D eigenvalue weighted by atomic mass is 10.0. The van der Waals surface area contributed by atoms with Crippen LogP contribution in [0.25, 0.3) is 109 Å². The quantitative estimate of drug-likeness (QED) is 0.165. The molecule has 0 aliphatic carbocycles. The normalized spacial score (nSPS) is 11.7. The van der Waals surface area contributed by atoms with Gasteiger partial charge in [-0.2, -0.15) is 5.26 Å². The van der Waals surface area contributed by atoms with Crippen LogP contribution in [0.4, 0.5) is 5.69 Å². The van der Waals surface area contributed by atoms with E-state index in [1.807, 2.05) is 30.3 Å². The molecule has 5 heteroatoms. The molecule has 0 bridgehead atoms. The number of fused-ring (bicyclic) bond motifs is 12. The average Bonchev–Trinajstić information content (AvgIpc) is 3.95. The first-order valence-corrected chi connectivity index (χ1v) is 19.7. The molecule has 0 spiro atoms. The van der Waals surface area contributed by atoms with Crippen LogP contribution in [0.15, 0.2) is 188 Å². The van der Waals surface area contributed by atoms with Gasteiger partial charge in [0, 0.05) is 38.0 Å². The molecule has 5 nitrogen and oxygen atoms in total. The van der Waals surface area contributed by atoms with E-state index in [1.165, 1.54) is 0 Å². The summed E-state index contributed by atoms with van der Waals surface area (Å²) in [4.78, 5) is 4.24. The van der Waals surface area contributed by atoms with Crippen LogP contribution in [0.2, 0.25) is 0 Å². The number of nitrogens with zero attached hydrogens (tertiary/aromatic N) is 5. The number of benzene rings is 9. The van der Waals surface area contributed by atoms with Crippen LogP contribution in [0, 0.1) is 17.9 Å². The van der Waals surface area contributed by atoms with Gasteiger partial charge in [-0.3, -0.25) is 0 Å². The first-order chi connectivity index (χ1) is 29.2. The maximum Gasteiger partial charge on any atom is 0.212 e. The molecule has 0 N–H and O–H groups in total. The molecule has 0 radical (unpaired) electrons. The van der Waals surface area contributed by atoms with Crippen molar-refractivity contribution in [3.8, 4) is 34.3 Å². The van der Waals surface area contributed by atoms with E-state index >= 15 is 0 Å². The summed E-state index contributed by atoms with van der Waals surface area (Å²) in [5, 5.41) is 20.1. The Morgan fingerprint density at radius 2 is 1.02 bits per heavy atom.